The van der Waals surface area contributed by atoms with Crippen LogP contribution in [-0.4, -0.2) is 58.9 Å². The van der Waals surface area contributed by atoms with Gasteiger partial charge in [0.15, 0.2) is 0 Å². The van der Waals surface area contributed by atoms with E-state index in [-0.39, 0.29) is 17.7 Å². The first-order chi connectivity index (χ1) is 13.9. The van der Waals surface area contributed by atoms with Crippen LogP contribution in [0.2, 0.25) is 5.02 Å². The highest BCUT2D eigenvalue weighted by Gasteiger charge is 2.30. The Labute approximate surface area is 176 Å². The van der Waals surface area contributed by atoms with E-state index in [1.54, 1.807) is 42.7 Å². The number of benzene rings is 1. The fourth-order valence-corrected chi connectivity index (χ4v) is 3.46. The number of halogens is 1. The molecule has 3 rings (SSSR count). The zero-order valence-corrected chi connectivity index (χ0v) is 17.5. The maximum atomic E-state index is 13.1. The van der Waals surface area contributed by atoms with Crippen molar-refractivity contribution in [2.24, 2.45) is 5.92 Å². The van der Waals surface area contributed by atoms with Crippen LogP contribution in [0.25, 0.3) is 0 Å². The van der Waals surface area contributed by atoms with Gasteiger partial charge in [0.1, 0.15) is 6.04 Å². The SMILES string of the molecule is CC(C)C[C@H](NC(=O)c1ccc(Cl)cc1)C(=O)N1CCN(c2ncccn2)CC1. The third kappa shape index (κ3) is 5.67. The van der Waals surface area contributed by atoms with Crippen LogP contribution in [-0.2, 0) is 4.79 Å². The Bertz CT molecular complexity index is 821. The van der Waals surface area contributed by atoms with Crippen LogP contribution < -0.4 is 10.2 Å². The van der Waals surface area contributed by atoms with Crippen LogP contribution >= 0.6 is 11.6 Å². The number of piperazine rings is 1. The van der Waals surface area contributed by atoms with Crippen molar-refractivity contribution >= 4 is 29.4 Å². The molecule has 1 aliphatic rings. The first kappa shape index (κ1) is 21.0. The molecule has 7 nitrogen and oxygen atoms in total. The molecule has 0 unspecified atom stereocenters. The van der Waals surface area contributed by atoms with Crippen molar-refractivity contribution in [1.82, 2.24) is 20.2 Å². The zero-order valence-electron chi connectivity index (χ0n) is 16.7. The first-order valence-corrected chi connectivity index (χ1v) is 10.2. The van der Waals surface area contributed by atoms with Crippen LogP contribution in [0.5, 0.6) is 0 Å². The van der Waals surface area contributed by atoms with E-state index in [9.17, 15) is 9.59 Å². The Morgan fingerprint density at radius 2 is 1.69 bits per heavy atom. The third-order valence-corrected chi connectivity index (χ3v) is 5.10. The normalized spacial score (nSPS) is 15.3. The van der Waals surface area contributed by atoms with Gasteiger partial charge in [-0.15, -0.1) is 0 Å². The molecular weight excluding hydrogens is 390 g/mol. The van der Waals surface area contributed by atoms with E-state index >= 15 is 0 Å². The lowest BCUT2D eigenvalue weighted by Crippen LogP contribution is -2.55. The molecule has 0 saturated carbocycles. The smallest absolute Gasteiger partial charge is 0.251 e. The van der Waals surface area contributed by atoms with Crippen LogP contribution in [0.4, 0.5) is 5.95 Å². The summed E-state index contributed by atoms with van der Waals surface area (Å²) in [6, 6.07) is 7.88. The van der Waals surface area contributed by atoms with Crippen LogP contribution in [0.15, 0.2) is 42.7 Å². The number of hydrogen-bond acceptors (Lipinski definition) is 5. The average molecular weight is 416 g/mol. The molecule has 2 amide bonds. The Morgan fingerprint density at radius 1 is 1.07 bits per heavy atom. The monoisotopic (exact) mass is 415 g/mol. The summed E-state index contributed by atoms with van der Waals surface area (Å²) in [7, 11) is 0. The molecule has 1 fully saturated rings. The van der Waals surface area contributed by atoms with Gasteiger partial charge >= 0.3 is 0 Å². The Hall–Kier alpha value is -2.67. The number of carbonyl (C=O) groups is 2. The Morgan fingerprint density at radius 3 is 2.28 bits per heavy atom. The summed E-state index contributed by atoms with van der Waals surface area (Å²) in [5.74, 6) is 0.634. The van der Waals surface area contributed by atoms with E-state index in [4.69, 9.17) is 11.6 Å². The fraction of sp³-hybridized carbons (Fsp3) is 0.429. The predicted molar refractivity (Wildman–Crippen MR) is 113 cm³/mol. The van der Waals surface area contributed by atoms with E-state index in [2.05, 4.69) is 20.2 Å². The average Bonchev–Trinajstić information content (AvgIpc) is 2.73. The third-order valence-electron chi connectivity index (χ3n) is 4.84. The molecule has 8 heteroatoms. The Balaban J connectivity index is 1.63. The summed E-state index contributed by atoms with van der Waals surface area (Å²) >= 11 is 5.89. The van der Waals surface area contributed by atoms with Crippen LogP contribution in [0.1, 0.15) is 30.6 Å². The molecule has 0 aliphatic carbocycles. The summed E-state index contributed by atoms with van der Waals surface area (Å²) in [6.07, 6.45) is 4.01. The summed E-state index contributed by atoms with van der Waals surface area (Å²) in [6.45, 7) is 6.55. The first-order valence-electron chi connectivity index (χ1n) is 9.81. The van der Waals surface area contributed by atoms with Crippen LogP contribution in [0.3, 0.4) is 0 Å². The number of aromatic nitrogens is 2. The van der Waals surface area contributed by atoms with E-state index < -0.39 is 6.04 Å². The highest BCUT2D eigenvalue weighted by Crippen LogP contribution is 2.15. The molecule has 29 heavy (non-hydrogen) atoms. The lowest BCUT2D eigenvalue weighted by Gasteiger charge is -2.36. The molecule has 0 radical (unpaired) electrons. The summed E-state index contributed by atoms with van der Waals surface area (Å²) < 4.78 is 0. The molecular formula is C21H26ClN5O2. The van der Waals surface area contributed by atoms with Crippen molar-refractivity contribution in [3.63, 3.8) is 0 Å². The van der Waals surface area contributed by atoms with Gasteiger partial charge in [0.25, 0.3) is 5.91 Å². The predicted octanol–water partition coefficient (Wildman–Crippen LogP) is 2.62. The van der Waals surface area contributed by atoms with E-state index in [0.29, 0.717) is 49.1 Å². The molecule has 1 aromatic carbocycles. The molecule has 0 bridgehead atoms. The van der Waals surface area contributed by atoms with Gasteiger partial charge in [-0.25, -0.2) is 9.97 Å². The molecule has 1 aromatic heterocycles. The molecule has 2 aromatic rings. The topological polar surface area (TPSA) is 78.4 Å². The number of nitrogens with zero attached hydrogens (tertiary/aromatic N) is 4. The van der Waals surface area contributed by atoms with Gasteiger partial charge in [-0.1, -0.05) is 25.4 Å². The lowest BCUT2D eigenvalue weighted by atomic mass is 10.0. The van der Waals surface area contributed by atoms with Gasteiger partial charge in [0, 0.05) is 49.2 Å². The fourth-order valence-electron chi connectivity index (χ4n) is 3.34. The number of anilines is 1. The molecule has 1 saturated heterocycles. The zero-order chi connectivity index (χ0) is 20.8. The van der Waals surface area contributed by atoms with Crippen molar-refractivity contribution in [2.45, 2.75) is 26.3 Å². The second kappa shape index (κ2) is 9.69. The second-order valence-corrected chi connectivity index (χ2v) is 7.96. The minimum atomic E-state index is -0.558. The van der Waals surface area contributed by atoms with Crippen molar-refractivity contribution in [2.75, 3.05) is 31.1 Å². The van der Waals surface area contributed by atoms with E-state index in [1.165, 1.54) is 0 Å². The maximum absolute atomic E-state index is 13.1. The largest absolute Gasteiger partial charge is 0.340 e. The molecule has 154 valence electrons. The standard InChI is InChI=1S/C21H26ClN5O2/c1-15(2)14-18(25-19(28)16-4-6-17(22)7-5-16)20(29)26-10-12-27(13-11-26)21-23-8-3-9-24-21/h3-9,15,18H,10-14H2,1-2H3,(H,25,28)/t18-/m0/s1. The highest BCUT2D eigenvalue weighted by molar-refractivity contribution is 6.30. The van der Waals surface area contributed by atoms with Crippen molar-refractivity contribution in [1.29, 1.82) is 0 Å². The molecule has 0 spiro atoms. The van der Waals surface area contributed by atoms with Gasteiger partial charge in [-0.2, -0.15) is 0 Å². The number of nitrogens with one attached hydrogen (secondary N) is 1. The number of hydrogen-bond donors (Lipinski definition) is 1. The van der Waals surface area contributed by atoms with Gasteiger partial charge in [0.05, 0.1) is 0 Å². The van der Waals surface area contributed by atoms with E-state index in [0.717, 1.165) is 0 Å². The second-order valence-electron chi connectivity index (χ2n) is 7.52. The van der Waals surface area contributed by atoms with Crippen molar-refractivity contribution < 1.29 is 9.59 Å². The van der Waals surface area contributed by atoms with Gasteiger partial charge in [-0.3, -0.25) is 9.59 Å². The minimum absolute atomic E-state index is 0.0466. The van der Waals surface area contributed by atoms with Gasteiger partial charge in [-0.05, 0) is 42.7 Å². The number of amides is 2. The molecule has 1 aliphatic heterocycles. The lowest BCUT2D eigenvalue weighted by molar-refractivity contribution is -0.134. The molecule has 2 heterocycles. The molecule has 1 atom stereocenters. The highest BCUT2D eigenvalue weighted by atomic mass is 35.5. The summed E-state index contributed by atoms with van der Waals surface area (Å²) in [4.78, 5) is 38.2. The Kier molecular flexibility index (Phi) is 7.04. The number of carbonyl (C=O) groups excluding carboxylic acids is 2. The maximum Gasteiger partial charge on any atom is 0.251 e. The summed E-state index contributed by atoms with van der Waals surface area (Å²) in [5.41, 5.74) is 0.488. The van der Waals surface area contributed by atoms with E-state index in [1.807, 2.05) is 18.7 Å². The van der Waals surface area contributed by atoms with Crippen LogP contribution in [0, 0.1) is 5.92 Å². The van der Waals surface area contributed by atoms with Gasteiger partial charge < -0.3 is 15.1 Å². The number of rotatable bonds is 6. The minimum Gasteiger partial charge on any atom is -0.340 e. The summed E-state index contributed by atoms with van der Waals surface area (Å²) in [5, 5.41) is 3.48. The molecule has 1 N–H and O–H groups in total. The quantitative estimate of drug-likeness (QED) is 0.784. The van der Waals surface area contributed by atoms with Gasteiger partial charge in [0.2, 0.25) is 11.9 Å². The van der Waals surface area contributed by atoms with Crippen molar-refractivity contribution in [3.8, 4) is 0 Å². The van der Waals surface area contributed by atoms with Crippen molar-refractivity contribution in [3.05, 3.63) is 53.3 Å².